The Hall–Kier alpha value is -2.16. The number of aryl methyl sites for hydroxylation is 1. The summed E-state index contributed by atoms with van der Waals surface area (Å²) in [4.78, 5) is 4.66. The van der Waals surface area contributed by atoms with Crippen LogP contribution in [0.5, 0.6) is 17.2 Å². The van der Waals surface area contributed by atoms with Crippen molar-refractivity contribution in [1.82, 2.24) is 5.32 Å². The van der Waals surface area contributed by atoms with Gasteiger partial charge < -0.3 is 24.8 Å². The van der Waals surface area contributed by atoms with Crippen molar-refractivity contribution in [3.8, 4) is 17.2 Å². The molecule has 28 heavy (non-hydrogen) atoms. The predicted molar refractivity (Wildman–Crippen MR) is 126 cm³/mol. The fourth-order valence-electron chi connectivity index (χ4n) is 2.67. The van der Waals surface area contributed by atoms with Crippen LogP contribution in [0.1, 0.15) is 18.1 Å². The van der Waals surface area contributed by atoms with E-state index in [0.717, 1.165) is 35.9 Å². The molecule has 0 unspecified atom stereocenters. The minimum absolute atomic E-state index is 0. The number of halogens is 1. The Labute approximate surface area is 184 Å². The molecular weight excluding hydrogens is 469 g/mol. The Morgan fingerprint density at radius 3 is 2.29 bits per heavy atom. The third-order valence-electron chi connectivity index (χ3n) is 4.13. The van der Waals surface area contributed by atoms with Crippen molar-refractivity contribution in [3.05, 3.63) is 47.5 Å². The number of nitrogens with one attached hydrogen (secondary N) is 2. The maximum absolute atomic E-state index is 5.39. The Bertz CT molecular complexity index is 781. The topological polar surface area (TPSA) is 64.1 Å². The van der Waals surface area contributed by atoms with Crippen LogP contribution in [-0.4, -0.2) is 40.4 Å². The van der Waals surface area contributed by atoms with Crippen molar-refractivity contribution >= 4 is 35.6 Å². The first-order valence-corrected chi connectivity index (χ1v) is 9.02. The molecule has 0 saturated carbocycles. The summed E-state index contributed by atoms with van der Waals surface area (Å²) in [6, 6.07) is 11.9. The number of guanidine groups is 1. The molecule has 0 fully saturated rings. The average molecular weight is 499 g/mol. The van der Waals surface area contributed by atoms with Crippen molar-refractivity contribution in [2.45, 2.75) is 20.3 Å². The number of ether oxygens (including phenoxy) is 3. The molecule has 0 bridgehead atoms. The summed E-state index contributed by atoms with van der Waals surface area (Å²) in [5, 5.41) is 6.56. The van der Waals surface area contributed by atoms with Crippen LogP contribution in [0.2, 0.25) is 0 Å². The van der Waals surface area contributed by atoms with Gasteiger partial charge in [0.1, 0.15) is 5.75 Å². The summed E-state index contributed by atoms with van der Waals surface area (Å²) in [6.45, 7) is 5.51. The second kappa shape index (κ2) is 12.3. The average Bonchev–Trinajstić information content (AvgIpc) is 2.69. The molecule has 6 nitrogen and oxygen atoms in total. The molecule has 2 rings (SSSR count). The van der Waals surface area contributed by atoms with E-state index in [0.29, 0.717) is 18.0 Å². The van der Waals surface area contributed by atoms with Crippen LogP contribution in [0.4, 0.5) is 5.69 Å². The molecule has 0 aliphatic heterocycles. The quantitative estimate of drug-likeness (QED) is 0.323. The van der Waals surface area contributed by atoms with Crippen molar-refractivity contribution in [3.63, 3.8) is 0 Å². The minimum Gasteiger partial charge on any atom is -0.496 e. The first kappa shape index (κ1) is 23.9. The van der Waals surface area contributed by atoms with Gasteiger partial charge in [0.25, 0.3) is 0 Å². The van der Waals surface area contributed by atoms with Crippen LogP contribution in [-0.2, 0) is 6.42 Å². The monoisotopic (exact) mass is 499 g/mol. The van der Waals surface area contributed by atoms with Crippen molar-refractivity contribution in [2.24, 2.45) is 4.99 Å². The lowest BCUT2D eigenvalue weighted by molar-refractivity contribution is 0.355. The number of rotatable bonds is 8. The molecule has 2 N–H and O–H groups in total. The molecule has 0 saturated heterocycles. The van der Waals surface area contributed by atoms with E-state index < -0.39 is 0 Å². The summed E-state index contributed by atoms with van der Waals surface area (Å²) < 4.78 is 16.0. The second-order valence-electron chi connectivity index (χ2n) is 6.01. The van der Waals surface area contributed by atoms with Crippen LogP contribution in [0, 0.1) is 6.92 Å². The van der Waals surface area contributed by atoms with E-state index in [4.69, 9.17) is 14.2 Å². The third-order valence-corrected chi connectivity index (χ3v) is 4.13. The molecule has 2 aromatic carbocycles. The summed E-state index contributed by atoms with van der Waals surface area (Å²) in [5.74, 6) is 3.00. The highest BCUT2D eigenvalue weighted by Gasteiger charge is 2.06. The molecule has 0 spiro atoms. The third kappa shape index (κ3) is 6.78. The van der Waals surface area contributed by atoms with E-state index in [9.17, 15) is 0 Å². The molecule has 0 atom stereocenters. The van der Waals surface area contributed by atoms with Crippen LogP contribution in [0.3, 0.4) is 0 Å². The molecule has 2 aromatic rings. The maximum Gasteiger partial charge on any atom is 0.195 e. The van der Waals surface area contributed by atoms with Crippen molar-refractivity contribution in [2.75, 3.05) is 39.7 Å². The fraction of sp³-hybridized carbons (Fsp3) is 0.381. The van der Waals surface area contributed by atoms with E-state index in [1.54, 1.807) is 21.3 Å². The number of hydrogen-bond acceptors (Lipinski definition) is 4. The first-order chi connectivity index (χ1) is 13.1. The van der Waals surface area contributed by atoms with Gasteiger partial charge in [0.05, 0.1) is 21.3 Å². The van der Waals surface area contributed by atoms with Crippen molar-refractivity contribution < 1.29 is 14.2 Å². The fourth-order valence-corrected chi connectivity index (χ4v) is 2.67. The van der Waals surface area contributed by atoms with Crippen LogP contribution >= 0.6 is 24.0 Å². The summed E-state index contributed by atoms with van der Waals surface area (Å²) in [5.41, 5.74) is 3.21. The molecule has 0 aliphatic rings. The first-order valence-electron chi connectivity index (χ1n) is 9.02. The number of benzene rings is 2. The Balaban J connectivity index is 0.00000392. The van der Waals surface area contributed by atoms with E-state index in [1.807, 2.05) is 32.0 Å². The zero-order valence-electron chi connectivity index (χ0n) is 17.2. The molecule has 154 valence electrons. The highest BCUT2D eigenvalue weighted by atomic mass is 127. The van der Waals surface area contributed by atoms with E-state index in [1.165, 1.54) is 5.56 Å². The van der Waals surface area contributed by atoms with Gasteiger partial charge in [0, 0.05) is 24.8 Å². The van der Waals surface area contributed by atoms with Crippen molar-refractivity contribution in [1.29, 1.82) is 0 Å². The second-order valence-corrected chi connectivity index (χ2v) is 6.01. The molecule has 0 heterocycles. The molecule has 0 aromatic heterocycles. The highest BCUT2D eigenvalue weighted by molar-refractivity contribution is 14.0. The summed E-state index contributed by atoms with van der Waals surface area (Å²) in [7, 11) is 4.94. The van der Waals surface area contributed by atoms with Crippen LogP contribution < -0.4 is 24.8 Å². The van der Waals surface area contributed by atoms with Gasteiger partial charge in [-0.3, -0.25) is 4.99 Å². The van der Waals surface area contributed by atoms with E-state index >= 15 is 0 Å². The standard InChI is InChI=1S/C21H29N3O3.HI/c1-6-22-21(24-17-9-10-18(25-3)20(14-17)27-5)23-12-11-16-8-7-15(2)19(13-16)26-4;/h7-10,13-14H,6,11-12H2,1-5H3,(H2,22,23,24);1H. The maximum atomic E-state index is 5.39. The number of aliphatic imine (C=N–C) groups is 1. The molecular formula is C21H30IN3O3. The zero-order chi connectivity index (χ0) is 19.6. The lowest BCUT2D eigenvalue weighted by Gasteiger charge is -2.14. The number of hydrogen-bond donors (Lipinski definition) is 2. The SMILES string of the molecule is CCNC(=NCCc1ccc(C)c(OC)c1)Nc1ccc(OC)c(OC)c1.I. The summed E-state index contributed by atoms with van der Waals surface area (Å²) >= 11 is 0. The highest BCUT2D eigenvalue weighted by Crippen LogP contribution is 2.29. The molecule has 0 radical (unpaired) electrons. The van der Waals surface area contributed by atoms with Gasteiger partial charge in [-0.25, -0.2) is 0 Å². The Morgan fingerprint density at radius 2 is 1.64 bits per heavy atom. The van der Waals surface area contributed by atoms with E-state index in [-0.39, 0.29) is 24.0 Å². The lowest BCUT2D eigenvalue weighted by atomic mass is 10.1. The smallest absolute Gasteiger partial charge is 0.195 e. The summed E-state index contributed by atoms with van der Waals surface area (Å²) in [6.07, 6.45) is 0.832. The predicted octanol–water partition coefficient (Wildman–Crippen LogP) is 4.26. The van der Waals surface area contributed by atoms with Gasteiger partial charge in [-0.15, -0.1) is 24.0 Å². The molecule has 0 amide bonds. The number of methoxy groups -OCH3 is 3. The molecule has 0 aliphatic carbocycles. The van der Waals surface area contributed by atoms with Gasteiger partial charge in [0.2, 0.25) is 0 Å². The van der Waals surface area contributed by atoms with Gasteiger partial charge in [-0.1, -0.05) is 12.1 Å². The number of nitrogens with zero attached hydrogens (tertiary/aromatic N) is 1. The van der Waals surface area contributed by atoms with Gasteiger partial charge in [0.15, 0.2) is 17.5 Å². The zero-order valence-corrected chi connectivity index (χ0v) is 19.5. The van der Waals surface area contributed by atoms with E-state index in [2.05, 4.69) is 33.8 Å². The Kier molecular flexibility index (Phi) is 10.5. The van der Waals surface area contributed by atoms with Gasteiger partial charge >= 0.3 is 0 Å². The van der Waals surface area contributed by atoms with Gasteiger partial charge in [-0.05, 0) is 49.6 Å². The molecule has 7 heteroatoms. The minimum atomic E-state index is 0. The van der Waals surface area contributed by atoms with Crippen LogP contribution in [0.15, 0.2) is 41.4 Å². The normalized spacial score (nSPS) is 10.7. The lowest BCUT2D eigenvalue weighted by Crippen LogP contribution is -2.30. The van der Waals surface area contributed by atoms with Gasteiger partial charge in [-0.2, -0.15) is 0 Å². The number of anilines is 1. The Morgan fingerprint density at radius 1 is 0.929 bits per heavy atom. The largest absolute Gasteiger partial charge is 0.496 e. The van der Waals surface area contributed by atoms with Crippen LogP contribution in [0.25, 0.3) is 0 Å².